The molecule has 11 heteroatoms. The van der Waals surface area contributed by atoms with Crippen molar-refractivity contribution in [3.63, 3.8) is 0 Å². The van der Waals surface area contributed by atoms with E-state index in [-0.39, 0.29) is 31.8 Å². The highest BCUT2D eigenvalue weighted by Crippen LogP contribution is 2.31. The molecule has 0 radical (unpaired) electrons. The summed E-state index contributed by atoms with van der Waals surface area (Å²) in [5.41, 5.74) is 9.58. The van der Waals surface area contributed by atoms with Gasteiger partial charge in [0.05, 0.1) is 52.8 Å². The third-order valence-electron chi connectivity index (χ3n) is 8.29. The number of imidazole rings is 2. The Morgan fingerprint density at radius 3 is 2.38 bits per heavy atom. The van der Waals surface area contributed by atoms with Gasteiger partial charge in [-0.05, 0) is 65.9 Å². The predicted molar refractivity (Wildman–Crippen MR) is 182 cm³/mol. The van der Waals surface area contributed by atoms with Crippen molar-refractivity contribution >= 4 is 28.0 Å². The highest BCUT2D eigenvalue weighted by Gasteiger charge is 2.18. The zero-order chi connectivity index (χ0) is 33.6. The van der Waals surface area contributed by atoms with Crippen molar-refractivity contribution in [1.82, 2.24) is 24.5 Å². The number of benzene rings is 4. The van der Waals surface area contributed by atoms with Gasteiger partial charge in [0.15, 0.2) is 0 Å². The Balaban J connectivity index is 1.22. The minimum Gasteiger partial charge on any atom is -0.460 e. The van der Waals surface area contributed by atoms with Crippen molar-refractivity contribution in [3.8, 4) is 22.5 Å². The molecule has 6 aromatic rings. The van der Waals surface area contributed by atoms with Crippen LogP contribution in [0.2, 0.25) is 0 Å². The van der Waals surface area contributed by atoms with E-state index in [4.69, 9.17) is 29.9 Å². The quantitative estimate of drug-likeness (QED) is 0.0749. The van der Waals surface area contributed by atoms with Gasteiger partial charge in [0, 0.05) is 25.6 Å². The molecule has 0 fully saturated rings. The highest BCUT2D eigenvalue weighted by atomic mass is 17.1. The van der Waals surface area contributed by atoms with Crippen molar-refractivity contribution in [3.05, 3.63) is 107 Å². The average molecular weight is 650 g/mol. The smallest absolute Gasteiger partial charge is 0.338 e. The summed E-state index contributed by atoms with van der Waals surface area (Å²) in [6.07, 6.45) is 1.85. The summed E-state index contributed by atoms with van der Waals surface area (Å²) < 4.78 is 15.2. The molecule has 0 saturated heterocycles. The molecule has 0 aliphatic carbocycles. The lowest BCUT2D eigenvalue weighted by molar-refractivity contribution is -0.493. The van der Waals surface area contributed by atoms with Gasteiger partial charge < -0.3 is 18.6 Å². The zero-order valence-corrected chi connectivity index (χ0v) is 27.3. The minimum absolute atomic E-state index is 0.0464. The summed E-state index contributed by atoms with van der Waals surface area (Å²) >= 11 is 0. The van der Waals surface area contributed by atoms with Crippen molar-refractivity contribution in [2.24, 2.45) is 7.05 Å². The first kappa shape index (κ1) is 33.0. The Morgan fingerprint density at radius 2 is 1.60 bits per heavy atom. The van der Waals surface area contributed by atoms with Gasteiger partial charge in [0.25, 0.3) is 0 Å². The summed E-state index contributed by atoms with van der Waals surface area (Å²) in [4.78, 5) is 27.4. The second kappa shape index (κ2) is 14.9. The summed E-state index contributed by atoms with van der Waals surface area (Å²) in [5, 5.41) is 16.7. The zero-order valence-electron chi connectivity index (χ0n) is 27.3. The molecular formula is C37H39N5O6. The number of esters is 1. The van der Waals surface area contributed by atoms with Crippen LogP contribution in [0.1, 0.15) is 40.7 Å². The molecule has 0 bridgehead atoms. The van der Waals surface area contributed by atoms with Crippen LogP contribution in [0.5, 0.6) is 0 Å². The SMILES string of the molecule is CCCc1nc2c(C)cc(-c3nc4ccccc4n3C)cc2n1Cc1ccc(-c2ccccc2C(=O)OCCOCCON(O)O)cc1. The van der Waals surface area contributed by atoms with Crippen LogP contribution in [0.25, 0.3) is 44.6 Å². The molecule has 48 heavy (non-hydrogen) atoms. The lowest BCUT2D eigenvalue weighted by Gasteiger charge is -2.13. The van der Waals surface area contributed by atoms with E-state index in [9.17, 15) is 4.79 Å². The van der Waals surface area contributed by atoms with Gasteiger partial charge in [-0.1, -0.05) is 61.5 Å². The fourth-order valence-corrected chi connectivity index (χ4v) is 6.00. The molecular weight excluding hydrogens is 610 g/mol. The molecule has 0 aliphatic rings. The largest absolute Gasteiger partial charge is 0.460 e. The van der Waals surface area contributed by atoms with Crippen LogP contribution in [-0.4, -0.2) is 67.3 Å². The Kier molecular flexibility index (Phi) is 10.2. The molecule has 0 unspecified atom stereocenters. The number of hydrogen-bond donors (Lipinski definition) is 2. The number of carbonyl (C=O) groups excluding carboxylic acids is 1. The maximum atomic E-state index is 13.0. The summed E-state index contributed by atoms with van der Waals surface area (Å²) in [6.45, 7) is 5.18. The number of aromatic nitrogens is 4. The fourth-order valence-electron chi connectivity index (χ4n) is 6.00. The van der Waals surface area contributed by atoms with Crippen molar-refractivity contribution in [2.45, 2.75) is 33.2 Å². The van der Waals surface area contributed by atoms with Crippen LogP contribution in [-0.2, 0) is 34.3 Å². The lowest BCUT2D eigenvalue weighted by atomic mass is 9.98. The van der Waals surface area contributed by atoms with Crippen molar-refractivity contribution in [1.29, 1.82) is 0 Å². The van der Waals surface area contributed by atoms with E-state index in [1.807, 2.05) is 42.5 Å². The van der Waals surface area contributed by atoms with E-state index >= 15 is 0 Å². The Morgan fingerprint density at radius 1 is 0.854 bits per heavy atom. The molecule has 11 nitrogen and oxygen atoms in total. The lowest BCUT2D eigenvalue weighted by Crippen LogP contribution is -2.19. The van der Waals surface area contributed by atoms with E-state index in [1.165, 1.54) is 0 Å². The fraction of sp³-hybridized carbons (Fsp3) is 0.270. The molecule has 0 atom stereocenters. The summed E-state index contributed by atoms with van der Waals surface area (Å²) in [7, 11) is 2.06. The molecule has 0 spiro atoms. The predicted octanol–water partition coefficient (Wildman–Crippen LogP) is 6.75. The molecule has 4 aromatic carbocycles. The number of aryl methyl sites for hydroxylation is 3. The standard InChI is InChI=1S/C37H39N5O6/c1-4-9-34-39-35-25(2)22-28(36-38-31-12-7-8-13-32(31)40(36)3)23-33(35)41(34)24-26-14-16-27(17-15-26)29-10-5-6-11-30(29)37(43)47-20-18-46-19-21-48-42(44)45/h5-8,10-17,22-23,44-45H,4,9,18-21,24H2,1-3H3. The Labute approximate surface area is 278 Å². The first-order chi connectivity index (χ1) is 23.3. The molecule has 248 valence electrons. The number of fused-ring (bicyclic) bond motifs is 2. The third-order valence-corrected chi connectivity index (χ3v) is 8.29. The van der Waals surface area contributed by atoms with Crippen molar-refractivity contribution in [2.75, 3.05) is 26.4 Å². The van der Waals surface area contributed by atoms with E-state index in [0.717, 1.165) is 74.4 Å². The number of para-hydroxylation sites is 2. The van der Waals surface area contributed by atoms with E-state index < -0.39 is 5.97 Å². The molecule has 0 amide bonds. The van der Waals surface area contributed by atoms with Gasteiger partial charge in [-0.2, -0.15) is 0 Å². The highest BCUT2D eigenvalue weighted by molar-refractivity contribution is 5.97. The van der Waals surface area contributed by atoms with Gasteiger partial charge in [-0.25, -0.2) is 19.6 Å². The normalized spacial score (nSPS) is 11.6. The third kappa shape index (κ3) is 7.15. The van der Waals surface area contributed by atoms with Crippen LogP contribution >= 0.6 is 0 Å². The number of carbonyl (C=O) groups is 1. The monoisotopic (exact) mass is 649 g/mol. The molecule has 0 saturated carbocycles. The van der Waals surface area contributed by atoms with E-state index in [0.29, 0.717) is 12.1 Å². The van der Waals surface area contributed by atoms with Gasteiger partial charge >= 0.3 is 5.97 Å². The van der Waals surface area contributed by atoms with E-state index in [1.54, 1.807) is 12.1 Å². The van der Waals surface area contributed by atoms with Gasteiger partial charge in [0.1, 0.15) is 18.3 Å². The van der Waals surface area contributed by atoms with Crippen LogP contribution in [0, 0.1) is 6.92 Å². The molecule has 2 aromatic heterocycles. The van der Waals surface area contributed by atoms with E-state index in [2.05, 4.69) is 65.2 Å². The second-order valence-corrected chi connectivity index (χ2v) is 11.6. The summed E-state index contributed by atoms with van der Waals surface area (Å²) in [6, 6.07) is 28.2. The Hall–Kier alpha value is -4.91. The maximum absolute atomic E-state index is 13.0. The van der Waals surface area contributed by atoms with Gasteiger partial charge in [-0.15, -0.1) is 0 Å². The van der Waals surface area contributed by atoms with Gasteiger partial charge in [-0.3, -0.25) is 10.4 Å². The topological polar surface area (TPSA) is 124 Å². The second-order valence-electron chi connectivity index (χ2n) is 11.6. The molecule has 2 heterocycles. The average Bonchev–Trinajstić information content (AvgIpc) is 3.61. The van der Waals surface area contributed by atoms with Crippen LogP contribution < -0.4 is 0 Å². The molecule has 6 rings (SSSR count). The number of rotatable bonds is 14. The first-order valence-electron chi connectivity index (χ1n) is 16.0. The van der Waals surface area contributed by atoms with Crippen LogP contribution in [0.3, 0.4) is 0 Å². The Bertz CT molecular complexity index is 2030. The van der Waals surface area contributed by atoms with Crippen LogP contribution in [0.4, 0.5) is 0 Å². The van der Waals surface area contributed by atoms with Gasteiger partial charge in [0.2, 0.25) is 0 Å². The minimum atomic E-state index is -0.452. The first-order valence-corrected chi connectivity index (χ1v) is 16.0. The number of ether oxygens (including phenoxy) is 2. The summed E-state index contributed by atoms with van der Waals surface area (Å²) in [5.74, 6) is 1.52. The number of hydrogen-bond acceptors (Lipinski definition) is 9. The maximum Gasteiger partial charge on any atom is 0.338 e. The molecule has 2 N–H and O–H groups in total. The number of nitrogens with zero attached hydrogens (tertiary/aromatic N) is 5. The molecule has 0 aliphatic heterocycles. The van der Waals surface area contributed by atoms with Crippen LogP contribution in [0.15, 0.2) is 84.9 Å². The van der Waals surface area contributed by atoms with Crippen molar-refractivity contribution < 1.29 is 29.5 Å².